The summed E-state index contributed by atoms with van der Waals surface area (Å²) in [6.07, 6.45) is 6.27. The lowest BCUT2D eigenvalue weighted by molar-refractivity contribution is 0.190. The molecule has 0 saturated carbocycles. The first-order chi connectivity index (χ1) is 7.70. The number of aromatic nitrogens is 2. The second-order valence-corrected chi connectivity index (χ2v) is 3.88. The Balaban J connectivity index is 2.06. The molecule has 2 rings (SSSR count). The molecule has 1 aromatic rings. The zero-order valence-electron chi connectivity index (χ0n) is 9.18. The Hall–Kier alpha value is -1.78. The van der Waals surface area contributed by atoms with Crippen molar-refractivity contribution in [2.45, 2.75) is 32.4 Å². The van der Waals surface area contributed by atoms with E-state index in [2.05, 4.69) is 27.9 Å². The van der Waals surface area contributed by atoms with Crippen molar-refractivity contribution in [3.8, 4) is 0 Å². The van der Waals surface area contributed by atoms with Gasteiger partial charge in [0.15, 0.2) is 0 Å². The smallest absolute Gasteiger partial charge is 0.404 e. The summed E-state index contributed by atoms with van der Waals surface area (Å²) < 4.78 is 2.06. The summed E-state index contributed by atoms with van der Waals surface area (Å²) in [4.78, 5) is 14.6. The van der Waals surface area contributed by atoms with Crippen molar-refractivity contribution in [1.29, 1.82) is 0 Å². The van der Waals surface area contributed by atoms with Crippen LogP contribution in [0.1, 0.15) is 25.5 Å². The molecule has 0 bridgehead atoms. The fraction of sp³-hybridized carbons (Fsp3) is 0.455. The van der Waals surface area contributed by atoms with E-state index in [-0.39, 0.29) is 6.04 Å². The molecule has 1 amide bonds. The molecule has 0 aliphatic heterocycles. The Labute approximate surface area is 93.8 Å². The van der Waals surface area contributed by atoms with Crippen LogP contribution < -0.4 is 5.32 Å². The lowest BCUT2D eigenvalue weighted by atomic mass is 10.1. The van der Waals surface area contributed by atoms with Crippen LogP contribution in [0.3, 0.4) is 0 Å². The van der Waals surface area contributed by atoms with Gasteiger partial charge in [0.25, 0.3) is 0 Å². The Morgan fingerprint density at radius 3 is 3.25 bits per heavy atom. The lowest BCUT2D eigenvalue weighted by Gasteiger charge is -2.10. The Morgan fingerprint density at radius 2 is 2.56 bits per heavy atom. The molecular weight excluding hydrogens is 206 g/mol. The maximum Gasteiger partial charge on any atom is 0.404 e. The first-order valence-corrected chi connectivity index (χ1v) is 5.39. The van der Waals surface area contributed by atoms with Crippen molar-refractivity contribution < 1.29 is 9.90 Å². The predicted molar refractivity (Wildman–Crippen MR) is 60.1 cm³/mol. The zero-order valence-corrected chi connectivity index (χ0v) is 9.18. The van der Waals surface area contributed by atoms with Gasteiger partial charge in [-0.15, -0.1) is 0 Å². The minimum absolute atomic E-state index is 0.00714. The first kappa shape index (κ1) is 10.7. The molecular formula is C11H15N3O2. The molecule has 0 spiro atoms. The van der Waals surface area contributed by atoms with Crippen molar-refractivity contribution in [2.24, 2.45) is 0 Å². The average Bonchev–Trinajstić information content (AvgIpc) is 2.83. The molecule has 5 heteroatoms. The van der Waals surface area contributed by atoms with Crippen LogP contribution in [0, 0.1) is 0 Å². The Bertz CT molecular complexity index is 423. The van der Waals surface area contributed by atoms with Crippen LogP contribution in [0.15, 0.2) is 18.6 Å². The van der Waals surface area contributed by atoms with Crippen LogP contribution in [0.4, 0.5) is 4.79 Å². The Kier molecular flexibility index (Phi) is 2.94. The molecule has 86 valence electrons. The average molecular weight is 221 g/mol. The molecule has 1 atom stereocenters. The fourth-order valence-electron chi connectivity index (χ4n) is 2.05. The topological polar surface area (TPSA) is 67.2 Å². The number of carboxylic acid groups (broad SMARTS) is 1. The van der Waals surface area contributed by atoms with Gasteiger partial charge in [-0.25, -0.2) is 9.78 Å². The number of carbonyl (C=O) groups is 1. The van der Waals surface area contributed by atoms with Gasteiger partial charge >= 0.3 is 6.09 Å². The largest absolute Gasteiger partial charge is 0.465 e. The van der Waals surface area contributed by atoms with E-state index < -0.39 is 6.09 Å². The number of imidazole rings is 1. The van der Waals surface area contributed by atoms with Gasteiger partial charge in [-0.3, -0.25) is 0 Å². The van der Waals surface area contributed by atoms with Gasteiger partial charge in [-0.05, 0) is 25.3 Å². The standard InChI is InChI=1S/C11H15N3O2/c1-2-14-7-12-6-10(14)8-3-4-9(5-8)13-11(15)16/h3,6-7,9,13H,2,4-5H2,1H3,(H,15,16). The van der Waals surface area contributed by atoms with Crippen molar-refractivity contribution in [3.63, 3.8) is 0 Å². The first-order valence-electron chi connectivity index (χ1n) is 5.39. The van der Waals surface area contributed by atoms with E-state index in [4.69, 9.17) is 5.11 Å². The minimum atomic E-state index is -0.955. The SMILES string of the molecule is CCn1cncc1C1=CCC(NC(=O)O)C1. The summed E-state index contributed by atoms with van der Waals surface area (Å²) >= 11 is 0. The lowest BCUT2D eigenvalue weighted by Crippen LogP contribution is -2.31. The summed E-state index contributed by atoms with van der Waals surface area (Å²) in [7, 11) is 0. The van der Waals surface area contributed by atoms with Crippen molar-refractivity contribution in [1.82, 2.24) is 14.9 Å². The molecule has 1 aromatic heterocycles. The summed E-state index contributed by atoms with van der Waals surface area (Å²) in [5.74, 6) is 0. The summed E-state index contributed by atoms with van der Waals surface area (Å²) in [5.41, 5.74) is 2.27. The van der Waals surface area contributed by atoms with Crippen LogP contribution in [-0.4, -0.2) is 26.8 Å². The molecule has 16 heavy (non-hydrogen) atoms. The third kappa shape index (κ3) is 2.08. The molecule has 0 fully saturated rings. The molecule has 1 aliphatic rings. The van der Waals surface area contributed by atoms with Gasteiger partial charge in [0.05, 0.1) is 18.2 Å². The van der Waals surface area contributed by atoms with Crippen LogP contribution >= 0.6 is 0 Å². The van der Waals surface area contributed by atoms with E-state index in [9.17, 15) is 4.79 Å². The molecule has 0 radical (unpaired) electrons. The van der Waals surface area contributed by atoms with E-state index in [0.29, 0.717) is 0 Å². The maximum atomic E-state index is 10.5. The fourth-order valence-corrected chi connectivity index (χ4v) is 2.05. The number of rotatable bonds is 3. The predicted octanol–water partition coefficient (Wildman–Crippen LogP) is 1.72. The summed E-state index contributed by atoms with van der Waals surface area (Å²) in [5, 5.41) is 11.1. The quantitative estimate of drug-likeness (QED) is 0.816. The highest BCUT2D eigenvalue weighted by atomic mass is 16.4. The second-order valence-electron chi connectivity index (χ2n) is 3.88. The van der Waals surface area contributed by atoms with Crippen LogP contribution in [0.25, 0.3) is 5.57 Å². The minimum Gasteiger partial charge on any atom is -0.465 e. The number of amides is 1. The highest BCUT2D eigenvalue weighted by Crippen LogP contribution is 2.27. The van der Waals surface area contributed by atoms with Gasteiger partial charge in [-0.1, -0.05) is 6.08 Å². The highest BCUT2D eigenvalue weighted by molar-refractivity contribution is 5.69. The van der Waals surface area contributed by atoms with E-state index >= 15 is 0 Å². The highest BCUT2D eigenvalue weighted by Gasteiger charge is 2.21. The van der Waals surface area contributed by atoms with E-state index in [1.165, 1.54) is 5.57 Å². The normalized spacial score (nSPS) is 19.6. The zero-order chi connectivity index (χ0) is 11.5. The Morgan fingerprint density at radius 1 is 1.75 bits per heavy atom. The number of nitrogens with zero attached hydrogens (tertiary/aromatic N) is 2. The van der Waals surface area contributed by atoms with Crippen molar-refractivity contribution >= 4 is 11.7 Å². The summed E-state index contributed by atoms with van der Waals surface area (Å²) in [6, 6.07) is 0.00714. The van der Waals surface area contributed by atoms with Crippen LogP contribution in [0.2, 0.25) is 0 Å². The number of nitrogens with one attached hydrogen (secondary N) is 1. The summed E-state index contributed by atoms with van der Waals surface area (Å²) in [6.45, 7) is 2.94. The van der Waals surface area contributed by atoms with Gasteiger partial charge in [0.1, 0.15) is 0 Å². The van der Waals surface area contributed by atoms with E-state index in [1.54, 1.807) is 6.33 Å². The van der Waals surface area contributed by atoms with Crippen LogP contribution in [-0.2, 0) is 6.54 Å². The molecule has 0 aromatic carbocycles. The van der Waals surface area contributed by atoms with E-state index in [0.717, 1.165) is 25.1 Å². The third-order valence-electron chi connectivity index (χ3n) is 2.82. The molecule has 1 unspecified atom stereocenters. The molecule has 5 nitrogen and oxygen atoms in total. The number of aryl methyl sites for hydroxylation is 1. The molecule has 0 saturated heterocycles. The van der Waals surface area contributed by atoms with Crippen molar-refractivity contribution in [3.05, 3.63) is 24.3 Å². The molecule has 2 N–H and O–H groups in total. The number of hydrogen-bond acceptors (Lipinski definition) is 2. The van der Waals surface area contributed by atoms with Gasteiger partial charge in [0, 0.05) is 12.6 Å². The monoisotopic (exact) mass is 221 g/mol. The number of hydrogen-bond donors (Lipinski definition) is 2. The molecule has 1 heterocycles. The van der Waals surface area contributed by atoms with Crippen molar-refractivity contribution in [2.75, 3.05) is 0 Å². The van der Waals surface area contributed by atoms with Crippen LogP contribution in [0.5, 0.6) is 0 Å². The van der Waals surface area contributed by atoms with Gasteiger partial charge < -0.3 is 15.0 Å². The van der Waals surface area contributed by atoms with E-state index in [1.807, 2.05) is 6.20 Å². The van der Waals surface area contributed by atoms with Gasteiger partial charge in [-0.2, -0.15) is 0 Å². The maximum absolute atomic E-state index is 10.5. The second kappa shape index (κ2) is 4.38. The van der Waals surface area contributed by atoms with Gasteiger partial charge in [0.2, 0.25) is 0 Å². The molecule has 1 aliphatic carbocycles. The third-order valence-corrected chi connectivity index (χ3v) is 2.82.